The van der Waals surface area contributed by atoms with Crippen LogP contribution in [-0.2, 0) is 15.1 Å². The maximum absolute atomic E-state index is 13.1. The average molecular weight is 398 g/mol. The molecular formula is C24H31NO4. The van der Waals surface area contributed by atoms with Crippen molar-refractivity contribution in [2.24, 2.45) is 5.92 Å². The fourth-order valence-electron chi connectivity index (χ4n) is 4.36. The van der Waals surface area contributed by atoms with Crippen molar-refractivity contribution in [3.8, 4) is 5.75 Å². The molecule has 0 heterocycles. The minimum Gasteiger partial charge on any atom is -0.497 e. The molecule has 5 nitrogen and oxygen atoms in total. The van der Waals surface area contributed by atoms with Crippen molar-refractivity contribution in [3.63, 3.8) is 0 Å². The first-order valence-corrected chi connectivity index (χ1v) is 10.2. The van der Waals surface area contributed by atoms with E-state index < -0.39 is 17.7 Å². The summed E-state index contributed by atoms with van der Waals surface area (Å²) in [7, 11) is 5.70. The van der Waals surface area contributed by atoms with Gasteiger partial charge in [0.05, 0.1) is 7.11 Å². The number of hydrogen-bond acceptors (Lipinski definition) is 5. The molecule has 2 aromatic carbocycles. The maximum Gasteiger partial charge on any atom is 0.340 e. The van der Waals surface area contributed by atoms with E-state index in [0.29, 0.717) is 5.56 Å². The third kappa shape index (κ3) is 4.80. The van der Waals surface area contributed by atoms with E-state index in [-0.39, 0.29) is 5.92 Å². The van der Waals surface area contributed by atoms with E-state index in [1.165, 1.54) is 0 Å². The zero-order chi connectivity index (χ0) is 20.9. The van der Waals surface area contributed by atoms with Crippen LogP contribution < -0.4 is 4.74 Å². The summed E-state index contributed by atoms with van der Waals surface area (Å²) in [4.78, 5) is 15.2. The number of nitrogens with zero attached hydrogens (tertiary/aromatic N) is 1. The van der Waals surface area contributed by atoms with Gasteiger partial charge in [0.15, 0.2) is 6.10 Å². The van der Waals surface area contributed by atoms with E-state index in [0.717, 1.165) is 43.5 Å². The van der Waals surface area contributed by atoms with E-state index in [1.807, 2.05) is 44.4 Å². The van der Waals surface area contributed by atoms with Crippen LogP contribution in [-0.4, -0.2) is 43.7 Å². The van der Waals surface area contributed by atoms with Crippen LogP contribution in [0, 0.1) is 5.92 Å². The molecule has 1 fully saturated rings. The minimum atomic E-state index is -1.30. The van der Waals surface area contributed by atoms with Gasteiger partial charge < -0.3 is 19.5 Å². The summed E-state index contributed by atoms with van der Waals surface area (Å²) in [6.45, 7) is 0.798. The average Bonchev–Trinajstić information content (AvgIpc) is 2.75. The normalized spacial score (nSPS) is 22.9. The predicted octanol–water partition coefficient (Wildman–Crippen LogP) is 3.92. The molecule has 1 aliphatic carbocycles. The fraction of sp³-hybridized carbons (Fsp3) is 0.458. The van der Waals surface area contributed by atoms with Gasteiger partial charge in [-0.25, -0.2) is 4.79 Å². The Balaban J connectivity index is 1.98. The molecular weight excluding hydrogens is 366 g/mol. The largest absolute Gasteiger partial charge is 0.497 e. The molecule has 0 spiro atoms. The molecule has 1 aliphatic rings. The molecule has 0 saturated heterocycles. The molecule has 156 valence electrons. The van der Waals surface area contributed by atoms with Gasteiger partial charge in [-0.2, -0.15) is 0 Å². The Labute approximate surface area is 173 Å². The number of carbonyl (C=O) groups excluding carboxylic acids is 1. The summed E-state index contributed by atoms with van der Waals surface area (Å²) < 4.78 is 11.7. The van der Waals surface area contributed by atoms with E-state index in [9.17, 15) is 9.90 Å². The molecule has 29 heavy (non-hydrogen) atoms. The number of ether oxygens (including phenoxy) is 2. The Morgan fingerprint density at radius 2 is 1.93 bits per heavy atom. The van der Waals surface area contributed by atoms with Crippen molar-refractivity contribution in [1.29, 1.82) is 0 Å². The van der Waals surface area contributed by atoms with Crippen molar-refractivity contribution >= 4 is 5.97 Å². The van der Waals surface area contributed by atoms with Gasteiger partial charge in [0.1, 0.15) is 11.4 Å². The van der Waals surface area contributed by atoms with E-state index in [4.69, 9.17) is 9.47 Å². The molecule has 0 aromatic heterocycles. The van der Waals surface area contributed by atoms with E-state index >= 15 is 0 Å². The lowest BCUT2D eigenvalue weighted by Crippen LogP contribution is -2.47. The van der Waals surface area contributed by atoms with Crippen LogP contribution >= 0.6 is 0 Å². The lowest BCUT2D eigenvalue weighted by molar-refractivity contribution is -0.184. The molecule has 3 atom stereocenters. The van der Waals surface area contributed by atoms with Gasteiger partial charge in [0.2, 0.25) is 0 Å². The Morgan fingerprint density at radius 3 is 2.62 bits per heavy atom. The highest BCUT2D eigenvalue weighted by molar-refractivity contribution is 5.77. The summed E-state index contributed by atoms with van der Waals surface area (Å²) in [5.74, 6) is 0.255. The van der Waals surface area contributed by atoms with Gasteiger partial charge in [0.25, 0.3) is 0 Å². The van der Waals surface area contributed by atoms with Crippen LogP contribution in [0.5, 0.6) is 5.75 Å². The summed E-state index contributed by atoms with van der Waals surface area (Å²) in [6, 6.07) is 16.7. The number of esters is 1. The molecule has 2 aromatic rings. The Kier molecular flexibility index (Phi) is 6.93. The summed E-state index contributed by atoms with van der Waals surface area (Å²) in [6.07, 6.45) is 2.45. The zero-order valence-electron chi connectivity index (χ0n) is 17.5. The minimum absolute atomic E-state index is 0.130. The molecule has 1 N–H and O–H groups in total. The quantitative estimate of drug-likeness (QED) is 0.718. The molecule has 0 radical (unpaired) electrons. The first kappa shape index (κ1) is 21.3. The highest BCUT2D eigenvalue weighted by atomic mass is 16.6. The van der Waals surface area contributed by atoms with Gasteiger partial charge in [-0.15, -0.1) is 0 Å². The molecule has 1 unspecified atom stereocenters. The van der Waals surface area contributed by atoms with Crippen LogP contribution in [0.4, 0.5) is 0 Å². The topological polar surface area (TPSA) is 59.0 Å². The van der Waals surface area contributed by atoms with Crippen LogP contribution in [0.25, 0.3) is 0 Å². The monoisotopic (exact) mass is 397 g/mol. The second kappa shape index (κ2) is 9.42. The number of hydrogen-bond donors (Lipinski definition) is 1. The van der Waals surface area contributed by atoms with Crippen LogP contribution in [0.3, 0.4) is 0 Å². The first-order chi connectivity index (χ1) is 14.0. The van der Waals surface area contributed by atoms with Crippen molar-refractivity contribution in [2.45, 2.75) is 37.4 Å². The second-order valence-corrected chi connectivity index (χ2v) is 8.06. The van der Waals surface area contributed by atoms with Gasteiger partial charge in [-0.1, -0.05) is 48.9 Å². The van der Waals surface area contributed by atoms with Crippen LogP contribution in [0.2, 0.25) is 0 Å². The fourth-order valence-corrected chi connectivity index (χ4v) is 4.36. The molecule has 5 heteroatoms. The number of methoxy groups -OCH3 is 1. The number of aliphatic hydroxyl groups is 1. The number of carbonyl (C=O) groups is 1. The summed E-state index contributed by atoms with van der Waals surface area (Å²) in [5.41, 5.74) is 0.680. The van der Waals surface area contributed by atoms with Crippen molar-refractivity contribution in [1.82, 2.24) is 4.90 Å². The van der Waals surface area contributed by atoms with Crippen LogP contribution in [0.15, 0.2) is 54.6 Å². The summed E-state index contributed by atoms with van der Waals surface area (Å²) >= 11 is 0. The standard InChI is InChI=1S/C24H31NO4/c1-25(2)17-20-12-7-8-15-24(20,19-13-9-14-21(16-19)28-3)29-23(27)22(26)18-10-5-4-6-11-18/h4-6,9-11,13-14,16,20,22,26H,7-8,12,15,17H2,1-3H3/t20-,22?,24+/m1/s1. The van der Waals surface area contributed by atoms with Gasteiger partial charge in [-0.3, -0.25) is 0 Å². The highest BCUT2D eigenvalue weighted by Crippen LogP contribution is 2.46. The van der Waals surface area contributed by atoms with Crippen LogP contribution in [0.1, 0.15) is 42.9 Å². The van der Waals surface area contributed by atoms with Crippen molar-refractivity contribution < 1.29 is 19.4 Å². The van der Waals surface area contributed by atoms with Gasteiger partial charge >= 0.3 is 5.97 Å². The predicted molar refractivity (Wildman–Crippen MR) is 113 cm³/mol. The number of rotatable bonds is 7. The Morgan fingerprint density at radius 1 is 1.17 bits per heavy atom. The maximum atomic E-state index is 13.1. The zero-order valence-corrected chi connectivity index (χ0v) is 17.5. The van der Waals surface area contributed by atoms with Gasteiger partial charge in [0, 0.05) is 12.5 Å². The van der Waals surface area contributed by atoms with Gasteiger partial charge in [-0.05, 0) is 56.6 Å². The third-order valence-electron chi connectivity index (χ3n) is 5.78. The lowest BCUT2D eigenvalue weighted by Gasteiger charge is -2.45. The Hall–Kier alpha value is -2.37. The second-order valence-electron chi connectivity index (χ2n) is 8.06. The van der Waals surface area contributed by atoms with E-state index in [1.54, 1.807) is 31.4 Å². The molecule has 3 rings (SSSR count). The highest BCUT2D eigenvalue weighted by Gasteiger charge is 2.47. The lowest BCUT2D eigenvalue weighted by atomic mass is 9.71. The third-order valence-corrected chi connectivity index (χ3v) is 5.78. The molecule has 0 bridgehead atoms. The molecule has 0 aliphatic heterocycles. The smallest absolute Gasteiger partial charge is 0.340 e. The number of benzene rings is 2. The Bertz CT molecular complexity index is 808. The number of aliphatic hydroxyl groups excluding tert-OH is 1. The van der Waals surface area contributed by atoms with Crippen molar-refractivity contribution in [2.75, 3.05) is 27.7 Å². The first-order valence-electron chi connectivity index (χ1n) is 10.2. The SMILES string of the molecule is COc1cccc([C@@]2(OC(=O)C(O)c3ccccc3)CCCC[C@@H]2CN(C)C)c1. The van der Waals surface area contributed by atoms with Crippen molar-refractivity contribution in [3.05, 3.63) is 65.7 Å². The summed E-state index contributed by atoms with van der Waals surface area (Å²) in [5, 5.41) is 10.6. The molecule has 1 saturated carbocycles. The molecule has 0 amide bonds. The van der Waals surface area contributed by atoms with E-state index in [2.05, 4.69) is 4.90 Å².